The number of aryl methyl sites for hydroxylation is 1. The van der Waals surface area contributed by atoms with Crippen molar-refractivity contribution in [1.29, 1.82) is 0 Å². The SMILES string of the molecule is Cn1ccc(C(=O)NC2CCCN(CC3CCS(=O)(=O)CC3)C2)n1. The van der Waals surface area contributed by atoms with Crippen molar-refractivity contribution in [3.05, 3.63) is 18.0 Å². The fraction of sp³-hybridized carbons (Fsp3) is 0.750. The molecule has 1 aromatic heterocycles. The molecule has 0 saturated carbocycles. The third-order valence-electron chi connectivity index (χ3n) is 4.98. The Morgan fingerprint density at radius 2 is 2.08 bits per heavy atom. The number of hydrogen-bond acceptors (Lipinski definition) is 5. The van der Waals surface area contributed by atoms with Crippen LogP contribution in [0.15, 0.2) is 12.3 Å². The third-order valence-corrected chi connectivity index (χ3v) is 6.69. The highest BCUT2D eigenvalue weighted by Gasteiger charge is 2.28. The van der Waals surface area contributed by atoms with E-state index in [1.165, 1.54) is 0 Å². The zero-order chi connectivity index (χ0) is 17.2. The molecule has 2 aliphatic heterocycles. The van der Waals surface area contributed by atoms with Crippen LogP contribution in [-0.2, 0) is 16.9 Å². The first-order valence-corrected chi connectivity index (χ1v) is 10.5. The maximum absolute atomic E-state index is 12.2. The van der Waals surface area contributed by atoms with E-state index in [9.17, 15) is 13.2 Å². The number of piperidine rings is 1. The van der Waals surface area contributed by atoms with Crippen LogP contribution in [0.3, 0.4) is 0 Å². The summed E-state index contributed by atoms with van der Waals surface area (Å²) in [6.45, 7) is 2.80. The predicted molar refractivity (Wildman–Crippen MR) is 91.5 cm³/mol. The van der Waals surface area contributed by atoms with E-state index in [0.29, 0.717) is 23.1 Å². The number of amides is 1. The Kier molecular flexibility index (Phi) is 5.24. The van der Waals surface area contributed by atoms with Crippen LogP contribution in [0, 0.1) is 5.92 Å². The number of hydrogen-bond donors (Lipinski definition) is 1. The minimum absolute atomic E-state index is 0.119. The number of sulfone groups is 1. The molecule has 1 amide bonds. The number of aromatic nitrogens is 2. The Hall–Kier alpha value is -1.41. The number of likely N-dealkylation sites (tertiary alicyclic amines) is 1. The lowest BCUT2D eigenvalue weighted by Gasteiger charge is -2.36. The lowest BCUT2D eigenvalue weighted by molar-refractivity contribution is 0.0888. The number of rotatable bonds is 4. The topological polar surface area (TPSA) is 84.3 Å². The summed E-state index contributed by atoms with van der Waals surface area (Å²) in [5, 5.41) is 7.21. The Bertz CT molecular complexity index is 671. The molecule has 2 fully saturated rings. The molecule has 2 saturated heterocycles. The fourth-order valence-electron chi connectivity index (χ4n) is 3.62. The van der Waals surface area contributed by atoms with Gasteiger partial charge in [0.1, 0.15) is 15.5 Å². The highest BCUT2D eigenvalue weighted by atomic mass is 32.2. The Morgan fingerprint density at radius 3 is 2.75 bits per heavy atom. The lowest BCUT2D eigenvalue weighted by atomic mass is 9.99. The van der Waals surface area contributed by atoms with Crippen molar-refractivity contribution in [2.24, 2.45) is 13.0 Å². The van der Waals surface area contributed by atoms with Crippen molar-refractivity contribution >= 4 is 15.7 Å². The van der Waals surface area contributed by atoms with Crippen LogP contribution in [-0.4, -0.2) is 66.2 Å². The van der Waals surface area contributed by atoms with Gasteiger partial charge in [0, 0.05) is 32.4 Å². The summed E-state index contributed by atoms with van der Waals surface area (Å²) in [5.41, 5.74) is 0.451. The van der Waals surface area contributed by atoms with Crippen molar-refractivity contribution < 1.29 is 13.2 Å². The maximum Gasteiger partial charge on any atom is 0.272 e. The quantitative estimate of drug-likeness (QED) is 0.848. The molecule has 8 heteroatoms. The van der Waals surface area contributed by atoms with Gasteiger partial charge in [0.05, 0.1) is 11.5 Å². The normalized spacial score (nSPS) is 25.5. The van der Waals surface area contributed by atoms with Gasteiger partial charge in [0.2, 0.25) is 0 Å². The number of carbonyl (C=O) groups excluding carboxylic acids is 1. The number of carbonyl (C=O) groups is 1. The zero-order valence-corrected chi connectivity index (χ0v) is 15.0. The van der Waals surface area contributed by atoms with Crippen LogP contribution in [0.4, 0.5) is 0 Å². The molecular weight excluding hydrogens is 328 g/mol. The third kappa shape index (κ3) is 4.57. The van der Waals surface area contributed by atoms with Crippen LogP contribution < -0.4 is 5.32 Å². The molecule has 2 aliphatic rings. The summed E-state index contributed by atoms with van der Waals surface area (Å²) in [6, 6.07) is 1.86. The molecule has 3 rings (SSSR count). The van der Waals surface area contributed by atoms with Crippen molar-refractivity contribution in [2.75, 3.05) is 31.1 Å². The Morgan fingerprint density at radius 1 is 1.33 bits per heavy atom. The fourth-order valence-corrected chi connectivity index (χ4v) is 5.21. The minimum Gasteiger partial charge on any atom is -0.347 e. The van der Waals surface area contributed by atoms with Gasteiger partial charge in [-0.05, 0) is 44.2 Å². The molecular formula is C16H26N4O3S. The molecule has 134 valence electrons. The predicted octanol–water partition coefficient (Wildman–Crippen LogP) is 0.439. The molecule has 1 aromatic rings. The van der Waals surface area contributed by atoms with Gasteiger partial charge in [-0.25, -0.2) is 8.42 Å². The summed E-state index contributed by atoms with van der Waals surface area (Å²) >= 11 is 0. The first-order chi connectivity index (χ1) is 11.4. The van der Waals surface area contributed by atoms with Gasteiger partial charge in [-0.2, -0.15) is 5.10 Å². The zero-order valence-electron chi connectivity index (χ0n) is 14.1. The summed E-state index contributed by atoms with van der Waals surface area (Å²) in [5.74, 6) is 0.987. The van der Waals surface area contributed by atoms with E-state index in [0.717, 1.165) is 45.3 Å². The standard InChI is InChI=1S/C16H26N4O3S/c1-19-8-4-15(18-19)16(21)17-14-3-2-7-20(12-14)11-13-5-9-24(22,23)10-6-13/h4,8,13-14H,2-3,5-7,9-12H2,1H3,(H,17,21). The molecule has 3 heterocycles. The number of nitrogens with one attached hydrogen (secondary N) is 1. The van der Waals surface area contributed by atoms with E-state index < -0.39 is 9.84 Å². The average molecular weight is 354 g/mol. The van der Waals surface area contributed by atoms with Gasteiger partial charge >= 0.3 is 0 Å². The van der Waals surface area contributed by atoms with Crippen LogP contribution in [0.25, 0.3) is 0 Å². The van der Waals surface area contributed by atoms with E-state index in [1.54, 1.807) is 24.0 Å². The summed E-state index contributed by atoms with van der Waals surface area (Å²) < 4.78 is 24.7. The molecule has 0 radical (unpaired) electrons. The minimum atomic E-state index is -2.80. The van der Waals surface area contributed by atoms with Gasteiger partial charge in [0.25, 0.3) is 5.91 Å². The second-order valence-corrected chi connectivity index (χ2v) is 9.35. The van der Waals surface area contributed by atoms with Crippen molar-refractivity contribution in [2.45, 2.75) is 31.7 Å². The van der Waals surface area contributed by atoms with Gasteiger partial charge < -0.3 is 10.2 Å². The van der Waals surface area contributed by atoms with E-state index in [2.05, 4.69) is 15.3 Å². The second-order valence-electron chi connectivity index (χ2n) is 7.04. The Labute approximate surface area is 143 Å². The van der Waals surface area contributed by atoms with E-state index in [1.807, 2.05) is 0 Å². The lowest BCUT2D eigenvalue weighted by Crippen LogP contribution is -2.49. The largest absolute Gasteiger partial charge is 0.347 e. The first kappa shape index (κ1) is 17.4. The molecule has 1 N–H and O–H groups in total. The van der Waals surface area contributed by atoms with Gasteiger partial charge in [-0.1, -0.05) is 0 Å². The molecule has 24 heavy (non-hydrogen) atoms. The van der Waals surface area contributed by atoms with Crippen molar-refractivity contribution in [3.8, 4) is 0 Å². The first-order valence-electron chi connectivity index (χ1n) is 8.64. The molecule has 0 spiro atoms. The average Bonchev–Trinajstić information content (AvgIpc) is 2.97. The summed E-state index contributed by atoms with van der Waals surface area (Å²) in [4.78, 5) is 14.6. The maximum atomic E-state index is 12.2. The van der Waals surface area contributed by atoms with E-state index >= 15 is 0 Å². The van der Waals surface area contributed by atoms with E-state index in [4.69, 9.17) is 0 Å². The van der Waals surface area contributed by atoms with Crippen molar-refractivity contribution in [1.82, 2.24) is 20.0 Å². The Balaban J connectivity index is 1.48. The molecule has 7 nitrogen and oxygen atoms in total. The summed E-state index contributed by atoms with van der Waals surface area (Å²) in [6.07, 6.45) is 5.33. The highest BCUT2D eigenvalue weighted by molar-refractivity contribution is 7.91. The molecule has 0 aromatic carbocycles. The highest BCUT2D eigenvalue weighted by Crippen LogP contribution is 2.22. The van der Waals surface area contributed by atoms with E-state index in [-0.39, 0.29) is 11.9 Å². The van der Waals surface area contributed by atoms with Gasteiger partial charge in [0.15, 0.2) is 0 Å². The molecule has 0 bridgehead atoms. The smallest absolute Gasteiger partial charge is 0.272 e. The van der Waals surface area contributed by atoms with Gasteiger partial charge in [-0.3, -0.25) is 9.48 Å². The van der Waals surface area contributed by atoms with Crippen LogP contribution in [0.2, 0.25) is 0 Å². The van der Waals surface area contributed by atoms with Gasteiger partial charge in [-0.15, -0.1) is 0 Å². The van der Waals surface area contributed by atoms with Crippen LogP contribution in [0.1, 0.15) is 36.2 Å². The molecule has 1 unspecified atom stereocenters. The monoisotopic (exact) mass is 354 g/mol. The second kappa shape index (κ2) is 7.23. The number of nitrogens with zero attached hydrogens (tertiary/aromatic N) is 3. The molecule has 0 aliphatic carbocycles. The summed E-state index contributed by atoms with van der Waals surface area (Å²) in [7, 11) is -1.00. The van der Waals surface area contributed by atoms with Crippen LogP contribution >= 0.6 is 0 Å². The van der Waals surface area contributed by atoms with Crippen LogP contribution in [0.5, 0.6) is 0 Å². The van der Waals surface area contributed by atoms with Crippen molar-refractivity contribution in [3.63, 3.8) is 0 Å². The molecule has 1 atom stereocenters.